The summed E-state index contributed by atoms with van der Waals surface area (Å²) >= 11 is 1.75. The minimum Gasteiger partial charge on any atom is -0.381 e. The second-order valence-electron chi connectivity index (χ2n) is 4.77. The number of nitro benzene ring substituents is 1. The maximum Gasteiger partial charge on any atom is 0.272 e. The van der Waals surface area contributed by atoms with E-state index in [1.165, 1.54) is 12.1 Å². The summed E-state index contributed by atoms with van der Waals surface area (Å²) < 4.78 is 19.2. The van der Waals surface area contributed by atoms with Gasteiger partial charge >= 0.3 is 0 Å². The largest absolute Gasteiger partial charge is 0.381 e. The van der Waals surface area contributed by atoms with E-state index in [9.17, 15) is 14.5 Å². The van der Waals surface area contributed by atoms with Crippen molar-refractivity contribution in [2.75, 3.05) is 31.3 Å². The molecule has 1 saturated heterocycles. The molecule has 1 heterocycles. The van der Waals surface area contributed by atoms with E-state index >= 15 is 0 Å². The van der Waals surface area contributed by atoms with E-state index in [4.69, 9.17) is 4.74 Å². The first-order chi connectivity index (χ1) is 9.56. The Hall–Kier alpha value is -1.34. The van der Waals surface area contributed by atoms with Crippen molar-refractivity contribution in [1.82, 2.24) is 0 Å². The fourth-order valence-corrected chi connectivity index (χ4v) is 3.01. The first-order valence-electron chi connectivity index (χ1n) is 6.37. The molecule has 0 saturated carbocycles. The van der Waals surface area contributed by atoms with Gasteiger partial charge in [0.15, 0.2) is 5.82 Å². The smallest absolute Gasteiger partial charge is 0.272 e. The van der Waals surface area contributed by atoms with Crippen LogP contribution in [-0.4, -0.2) is 35.7 Å². The van der Waals surface area contributed by atoms with Crippen molar-refractivity contribution in [3.05, 3.63) is 34.1 Å². The molecule has 1 fully saturated rings. The molecule has 0 radical (unpaired) electrons. The lowest BCUT2D eigenvalue weighted by Crippen LogP contribution is -2.39. The Kier molecular flexibility index (Phi) is 4.82. The average molecular weight is 300 g/mol. The van der Waals surface area contributed by atoms with Crippen LogP contribution in [0.2, 0.25) is 0 Å². The summed E-state index contributed by atoms with van der Waals surface area (Å²) in [6, 6.07) is 3.67. The number of nitrogens with one attached hydrogen (secondary N) is 1. The molecule has 0 unspecified atom stereocenters. The highest BCUT2D eigenvalue weighted by Crippen LogP contribution is 2.34. The minimum absolute atomic E-state index is 0.0342. The molecule has 1 aliphatic rings. The molecular formula is C13H17FN2O3S. The first kappa shape index (κ1) is 15.1. The van der Waals surface area contributed by atoms with Crippen LogP contribution >= 0.6 is 11.8 Å². The number of anilines is 1. The molecule has 0 aliphatic carbocycles. The van der Waals surface area contributed by atoms with Gasteiger partial charge in [0.1, 0.15) is 0 Å². The summed E-state index contributed by atoms with van der Waals surface area (Å²) in [5.41, 5.74) is 0.0641. The molecule has 0 amide bonds. The Labute approximate surface area is 121 Å². The molecular weight excluding hydrogens is 283 g/mol. The van der Waals surface area contributed by atoms with Crippen LogP contribution in [0, 0.1) is 15.9 Å². The predicted octanol–water partition coefficient (Wildman–Crippen LogP) is 3.06. The van der Waals surface area contributed by atoms with Crippen molar-refractivity contribution < 1.29 is 14.1 Å². The van der Waals surface area contributed by atoms with Crippen LogP contribution in [0.25, 0.3) is 0 Å². The molecule has 1 aromatic carbocycles. The zero-order valence-electron chi connectivity index (χ0n) is 11.2. The van der Waals surface area contributed by atoms with E-state index in [1.54, 1.807) is 11.8 Å². The summed E-state index contributed by atoms with van der Waals surface area (Å²) in [7, 11) is 0. The summed E-state index contributed by atoms with van der Waals surface area (Å²) in [6.07, 6.45) is 3.87. The lowest BCUT2D eigenvalue weighted by atomic mass is 9.99. The molecule has 0 aromatic heterocycles. The lowest BCUT2D eigenvalue weighted by molar-refractivity contribution is -0.385. The van der Waals surface area contributed by atoms with Crippen LogP contribution < -0.4 is 5.32 Å². The molecule has 0 atom stereocenters. The van der Waals surface area contributed by atoms with Crippen molar-refractivity contribution in [3.8, 4) is 0 Å². The zero-order chi connectivity index (χ0) is 14.6. The van der Waals surface area contributed by atoms with Gasteiger partial charge in [0.05, 0.1) is 16.7 Å². The third-order valence-electron chi connectivity index (χ3n) is 3.60. The number of rotatable bonds is 5. The molecule has 20 heavy (non-hydrogen) atoms. The van der Waals surface area contributed by atoms with Gasteiger partial charge in [-0.15, -0.1) is 0 Å². The Morgan fingerprint density at radius 1 is 1.50 bits per heavy atom. The van der Waals surface area contributed by atoms with Gasteiger partial charge < -0.3 is 10.1 Å². The van der Waals surface area contributed by atoms with Crippen LogP contribution in [0.3, 0.4) is 0 Å². The normalized spacial score (nSPS) is 17.7. The summed E-state index contributed by atoms with van der Waals surface area (Å²) in [4.78, 5) is 9.97. The first-order valence-corrected chi connectivity index (χ1v) is 7.59. The SMILES string of the molecule is CSC1(CNc2ccc([N+](=O)[O-])cc2F)CCOCC1. The Bertz CT molecular complexity index is 493. The van der Waals surface area contributed by atoms with Crippen molar-refractivity contribution in [1.29, 1.82) is 0 Å². The van der Waals surface area contributed by atoms with E-state index in [0.717, 1.165) is 18.9 Å². The van der Waals surface area contributed by atoms with Crippen LogP contribution in [0.1, 0.15) is 12.8 Å². The van der Waals surface area contributed by atoms with Crippen LogP contribution in [0.5, 0.6) is 0 Å². The molecule has 5 nitrogen and oxygen atoms in total. The summed E-state index contributed by atoms with van der Waals surface area (Å²) in [6.45, 7) is 2.04. The highest BCUT2D eigenvalue weighted by molar-refractivity contribution is 8.00. The molecule has 110 valence electrons. The highest BCUT2D eigenvalue weighted by atomic mass is 32.2. The fourth-order valence-electron chi connectivity index (χ4n) is 2.21. The molecule has 1 N–H and O–H groups in total. The average Bonchev–Trinajstić information content (AvgIpc) is 2.47. The number of ether oxygens (including phenoxy) is 1. The highest BCUT2D eigenvalue weighted by Gasteiger charge is 2.31. The van der Waals surface area contributed by atoms with E-state index in [1.807, 2.05) is 6.26 Å². The number of nitrogens with zero attached hydrogens (tertiary/aromatic N) is 1. The van der Waals surface area contributed by atoms with E-state index in [-0.39, 0.29) is 10.4 Å². The molecule has 0 bridgehead atoms. The minimum atomic E-state index is -0.602. The standard InChI is InChI=1S/C13H17FN2O3S/c1-20-13(4-6-19-7-5-13)9-15-12-3-2-10(16(17)18)8-11(12)14/h2-3,8,15H,4-7,9H2,1H3. The molecule has 1 aromatic rings. The van der Waals surface area contributed by atoms with Gasteiger partial charge in [-0.2, -0.15) is 11.8 Å². The van der Waals surface area contributed by atoms with E-state index in [0.29, 0.717) is 25.4 Å². The Balaban J connectivity index is 2.04. The Morgan fingerprint density at radius 2 is 2.20 bits per heavy atom. The maximum atomic E-state index is 13.8. The van der Waals surface area contributed by atoms with Gasteiger partial charge in [-0.05, 0) is 25.2 Å². The van der Waals surface area contributed by atoms with Gasteiger partial charge in [-0.25, -0.2) is 4.39 Å². The van der Waals surface area contributed by atoms with Crippen molar-refractivity contribution >= 4 is 23.1 Å². The van der Waals surface area contributed by atoms with Crippen LogP contribution in [0.4, 0.5) is 15.8 Å². The van der Waals surface area contributed by atoms with E-state index < -0.39 is 10.7 Å². The third kappa shape index (κ3) is 3.40. The van der Waals surface area contributed by atoms with Crippen molar-refractivity contribution in [2.45, 2.75) is 17.6 Å². The zero-order valence-corrected chi connectivity index (χ0v) is 12.0. The number of hydrogen-bond acceptors (Lipinski definition) is 5. The summed E-state index contributed by atoms with van der Waals surface area (Å²) in [5, 5.41) is 13.6. The second kappa shape index (κ2) is 6.41. The van der Waals surface area contributed by atoms with E-state index in [2.05, 4.69) is 5.32 Å². The number of non-ortho nitro benzene ring substituents is 1. The number of halogens is 1. The van der Waals surface area contributed by atoms with Gasteiger partial charge in [-0.3, -0.25) is 10.1 Å². The lowest BCUT2D eigenvalue weighted by Gasteiger charge is -2.36. The second-order valence-corrected chi connectivity index (χ2v) is 6.05. The quantitative estimate of drug-likeness (QED) is 0.669. The molecule has 2 rings (SSSR count). The Morgan fingerprint density at radius 3 is 2.75 bits per heavy atom. The van der Waals surface area contributed by atoms with Crippen LogP contribution in [0.15, 0.2) is 18.2 Å². The number of thioether (sulfide) groups is 1. The molecule has 1 aliphatic heterocycles. The van der Waals surface area contributed by atoms with Crippen LogP contribution in [-0.2, 0) is 4.74 Å². The number of hydrogen-bond donors (Lipinski definition) is 1. The van der Waals surface area contributed by atoms with Gasteiger partial charge in [-0.1, -0.05) is 0 Å². The predicted molar refractivity (Wildman–Crippen MR) is 77.8 cm³/mol. The number of nitro groups is 1. The maximum absolute atomic E-state index is 13.8. The van der Waals surface area contributed by atoms with Gasteiger partial charge in [0, 0.05) is 30.6 Å². The topological polar surface area (TPSA) is 64.4 Å². The molecule has 7 heteroatoms. The fraction of sp³-hybridized carbons (Fsp3) is 0.538. The van der Waals surface area contributed by atoms with Gasteiger partial charge in [0.25, 0.3) is 5.69 Å². The number of benzene rings is 1. The van der Waals surface area contributed by atoms with Crippen molar-refractivity contribution in [3.63, 3.8) is 0 Å². The molecule has 0 spiro atoms. The monoisotopic (exact) mass is 300 g/mol. The van der Waals surface area contributed by atoms with Gasteiger partial charge in [0.2, 0.25) is 0 Å². The third-order valence-corrected chi connectivity index (χ3v) is 5.02. The van der Waals surface area contributed by atoms with Crippen molar-refractivity contribution in [2.24, 2.45) is 0 Å². The summed E-state index contributed by atoms with van der Waals surface area (Å²) in [5.74, 6) is -0.595.